The van der Waals surface area contributed by atoms with Crippen molar-refractivity contribution in [2.75, 3.05) is 13.2 Å². The summed E-state index contributed by atoms with van der Waals surface area (Å²) in [7, 11) is 0. The van der Waals surface area contributed by atoms with E-state index in [1.54, 1.807) is 0 Å². The van der Waals surface area contributed by atoms with Crippen LogP contribution in [0.15, 0.2) is 60.7 Å². The summed E-state index contributed by atoms with van der Waals surface area (Å²) < 4.78 is 12.5. The molecule has 0 aromatic heterocycles. The molecule has 1 atom stereocenters. The molecular formula is C21H22INO3. The van der Waals surface area contributed by atoms with Crippen LogP contribution >= 0.6 is 22.6 Å². The molecule has 0 fully saturated rings. The van der Waals surface area contributed by atoms with Gasteiger partial charge in [0.25, 0.3) is 0 Å². The molecule has 0 radical (unpaired) electrons. The quantitative estimate of drug-likeness (QED) is 0.418. The van der Waals surface area contributed by atoms with Crippen molar-refractivity contribution >= 4 is 28.6 Å². The summed E-state index contributed by atoms with van der Waals surface area (Å²) in [4.78, 5) is 12.6. The molecular weight excluding hydrogens is 441 g/mol. The van der Waals surface area contributed by atoms with Gasteiger partial charge in [-0.05, 0) is 59.2 Å². The molecule has 0 saturated heterocycles. The van der Waals surface area contributed by atoms with E-state index in [1.165, 1.54) is 3.57 Å². The molecule has 1 aliphatic rings. The van der Waals surface area contributed by atoms with Crippen molar-refractivity contribution in [3.8, 4) is 5.75 Å². The summed E-state index contributed by atoms with van der Waals surface area (Å²) in [6.45, 7) is 1.44. The number of benzene rings is 2. The molecule has 0 amide bonds. The number of ether oxygens (including phenoxy) is 2. The van der Waals surface area contributed by atoms with Crippen LogP contribution in [0.5, 0.6) is 5.75 Å². The van der Waals surface area contributed by atoms with Crippen molar-refractivity contribution < 1.29 is 14.3 Å². The molecule has 26 heavy (non-hydrogen) atoms. The predicted molar refractivity (Wildman–Crippen MR) is 110 cm³/mol. The van der Waals surface area contributed by atoms with E-state index >= 15 is 0 Å². The summed E-state index contributed by atoms with van der Waals surface area (Å²) in [5, 5.41) is 3.35. The van der Waals surface area contributed by atoms with Crippen LogP contribution < -0.4 is 10.1 Å². The van der Waals surface area contributed by atoms with Crippen LogP contribution in [0.3, 0.4) is 0 Å². The van der Waals surface area contributed by atoms with Crippen LogP contribution in [0.1, 0.15) is 17.5 Å². The van der Waals surface area contributed by atoms with Crippen molar-refractivity contribution in [3.05, 3.63) is 75.4 Å². The molecule has 4 nitrogen and oxygen atoms in total. The Bertz CT molecular complexity index is 758. The molecule has 2 aromatic rings. The number of rotatable bonds is 2. The number of carbonyl (C=O) groups excluding carboxylic acids is 1. The largest absolute Gasteiger partial charge is 0.489 e. The SMILES string of the molecule is O=C1OCC/C=C/COc2ccccc2CN[C@H]1Cc1ccc(I)cc1. The average Bonchev–Trinajstić information content (AvgIpc) is 2.67. The number of para-hydroxylation sites is 1. The highest BCUT2D eigenvalue weighted by Crippen LogP contribution is 2.19. The summed E-state index contributed by atoms with van der Waals surface area (Å²) in [5.74, 6) is 0.625. The third kappa shape index (κ3) is 5.57. The van der Waals surface area contributed by atoms with Gasteiger partial charge in [0.05, 0.1) is 6.61 Å². The molecule has 2 aromatic carbocycles. The van der Waals surface area contributed by atoms with E-state index in [0.29, 0.717) is 32.6 Å². The molecule has 3 rings (SSSR count). The molecule has 0 aliphatic carbocycles. The minimum atomic E-state index is -0.396. The smallest absolute Gasteiger partial charge is 0.323 e. The Morgan fingerprint density at radius 3 is 2.69 bits per heavy atom. The third-order valence-electron chi connectivity index (χ3n) is 4.18. The van der Waals surface area contributed by atoms with Gasteiger partial charge in [0.15, 0.2) is 0 Å². The van der Waals surface area contributed by atoms with Crippen molar-refractivity contribution in [2.45, 2.75) is 25.4 Å². The van der Waals surface area contributed by atoms with E-state index < -0.39 is 6.04 Å². The summed E-state index contributed by atoms with van der Waals surface area (Å²) in [6.07, 6.45) is 5.22. The number of cyclic esters (lactones) is 1. The molecule has 5 heteroatoms. The van der Waals surface area contributed by atoms with Crippen molar-refractivity contribution in [2.24, 2.45) is 0 Å². The van der Waals surface area contributed by atoms with Gasteiger partial charge in [-0.3, -0.25) is 10.1 Å². The van der Waals surface area contributed by atoms with Crippen LogP contribution in [0.2, 0.25) is 0 Å². The van der Waals surface area contributed by atoms with E-state index in [4.69, 9.17) is 9.47 Å². The zero-order chi connectivity index (χ0) is 18.2. The fourth-order valence-corrected chi connectivity index (χ4v) is 3.13. The molecule has 0 saturated carbocycles. The Labute approximate surface area is 167 Å². The highest BCUT2D eigenvalue weighted by atomic mass is 127. The summed E-state index contributed by atoms with van der Waals surface area (Å²) in [6, 6.07) is 15.7. The Hall–Kier alpha value is -1.86. The first-order valence-corrected chi connectivity index (χ1v) is 9.80. The maximum Gasteiger partial charge on any atom is 0.323 e. The molecule has 1 heterocycles. The highest BCUT2D eigenvalue weighted by molar-refractivity contribution is 14.1. The first-order chi connectivity index (χ1) is 12.7. The van der Waals surface area contributed by atoms with E-state index in [9.17, 15) is 4.79 Å². The van der Waals surface area contributed by atoms with Crippen LogP contribution in [0, 0.1) is 3.57 Å². The molecule has 136 valence electrons. The van der Waals surface area contributed by atoms with Crippen molar-refractivity contribution in [3.63, 3.8) is 0 Å². The summed E-state index contributed by atoms with van der Waals surface area (Å²) in [5.41, 5.74) is 2.13. The Morgan fingerprint density at radius 2 is 1.85 bits per heavy atom. The van der Waals surface area contributed by atoms with E-state index in [1.807, 2.05) is 36.4 Å². The van der Waals surface area contributed by atoms with Gasteiger partial charge in [0.2, 0.25) is 0 Å². The lowest BCUT2D eigenvalue weighted by atomic mass is 10.1. The topological polar surface area (TPSA) is 47.6 Å². The number of hydrogen-bond acceptors (Lipinski definition) is 4. The Morgan fingerprint density at radius 1 is 1.04 bits per heavy atom. The standard InChI is InChI=1S/C21H22INO3/c22-18-10-8-16(9-11-18)14-19-21(24)26-13-5-1-4-12-25-20-7-3-2-6-17(20)15-23-19/h1-4,6-11,19,23H,5,12-15H2/b4-1+/t19-/m0/s1. The van der Waals surface area contributed by atoms with Crippen LogP contribution in [0.4, 0.5) is 0 Å². The number of carbonyl (C=O) groups is 1. The lowest BCUT2D eigenvalue weighted by Gasteiger charge is -2.19. The molecule has 1 N–H and O–H groups in total. The van der Waals surface area contributed by atoms with Gasteiger partial charge in [0, 0.05) is 15.7 Å². The highest BCUT2D eigenvalue weighted by Gasteiger charge is 2.21. The third-order valence-corrected chi connectivity index (χ3v) is 4.90. The number of hydrogen-bond donors (Lipinski definition) is 1. The van der Waals surface area contributed by atoms with Gasteiger partial charge in [-0.25, -0.2) is 0 Å². The normalized spacial score (nSPS) is 19.7. The minimum absolute atomic E-state index is 0.213. The summed E-state index contributed by atoms with van der Waals surface area (Å²) >= 11 is 2.28. The zero-order valence-corrected chi connectivity index (χ0v) is 16.6. The van der Waals surface area contributed by atoms with Crippen molar-refractivity contribution in [1.29, 1.82) is 0 Å². The van der Waals surface area contributed by atoms with E-state index in [2.05, 4.69) is 52.2 Å². The van der Waals surface area contributed by atoms with Gasteiger partial charge < -0.3 is 9.47 Å². The number of esters is 1. The maximum atomic E-state index is 12.6. The Balaban J connectivity index is 1.78. The van der Waals surface area contributed by atoms with Crippen LogP contribution in [-0.2, 0) is 22.5 Å². The van der Waals surface area contributed by atoms with Gasteiger partial charge in [0.1, 0.15) is 18.4 Å². The van der Waals surface area contributed by atoms with Gasteiger partial charge in [-0.2, -0.15) is 0 Å². The second-order valence-corrected chi connectivity index (χ2v) is 7.36. The van der Waals surface area contributed by atoms with Gasteiger partial charge >= 0.3 is 5.97 Å². The fourth-order valence-electron chi connectivity index (χ4n) is 2.77. The van der Waals surface area contributed by atoms with E-state index in [-0.39, 0.29) is 5.97 Å². The number of halogens is 1. The van der Waals surface area contributed by atoms with E-state index in [0.717, 1.165) is 16.9 Å². The van der Waals surface area contributed by atoms with Crippen LogP contribution in [0.25, 0.3) is 0 Å². The lowest BCUT2D eigenvalue weighted by molar-refractivity contribution is -0.146. The second kappa shape index (κ2) is 9.73. The number of fused-ring (bicyclic) bond motifs is 1. The predicted octanol–water partition coefficient (Wildman–Crippen LogP) is 3.87. The first-order valence-electron chi connectivity index (χ1n) is 8.72. The Kier molecular flexibility index (Phi) is 7.08. The molecule has 0 spiro atoms. The van der Waals surface area contributed by atoms with Crippen LogP contribution in [-0.4, -0.2) is 25.2 Å². The minimum Gasteiger partial charge on any atom is -0.489 e. The van der Waals surface area contributed by atoms with Gasteiger partial charge in [-0.1, -0.05) is 42.5 Å². The van der Waals surface area contributed by atoms with Crippen molar-refractivity contribution in [1.82, 2.24) is 5.32 Å². The maximum absolute atomic E-state index is 12.6. The average molecular weight is 463 g/mol. The zero-order valence-electron chi connectivity index (χ0n) is 14.5. The second-order valence-electron chi connectivity index (χ2n) is 6.11. The monoisotopic (exact) mass is 463 g/mol. The molecule has 0 unspecified atom stereocenters. The number of nitrogens with one attached hydrogen (secondary N) is 1. The van der Waals surface area contributed by atoms with Gasteiger partial charge in [-0.15, -0.1) is 0 Å². The first kappa shape index (κ1) is 18.9. The molecule has 1 aliphatic heterocycles. The lowest BCUT2D eigenvalue weighted by Crippen LogP contribution is -2.39. The fraction of sp³-hybridized carbons (Fsp3) is 0.286. The molecule has 0 bridgehead atoms.